The van der Waals surface area contributed by atoms with Crippen molar-refractivity contribution in [3.8, 4) is 0 Å². The quantitative estimate of drug-likeness (QED) is 0.826. The van der Waals surface area contributed by atoms with Gasteiger partial charge in [-0.05, 0) is 32.4 Å². The molecule has 0 aromatic carbocycles. The number of rotatable bonds is 3. The van der Waals surface area contributed by atoms with Gasteiger partial charge in [-0.25, -0.2) is 4.79 Å². The number of carbonyl (C=O) groups excluding carboxylic acids is 1. The van der Waals surface area contributed by atoms with E-state index < -0.39 is 5.97 Å². The molecular formula is C14H23N3O3. The molecule has 0 radical (unpaired) electrons. The Bertz CT molecular complexity index is 389. The first-order valence-corrected chi connectivity index (χ1v) is 7.63. The molecule has 0 aliphatic carbocycles. The molecule has 3 aliphatic rings. The van der Waals surface area contributed by atoms with Gasteiger partial charge in [0.2, 0.25) is 0 Å². The monoisotopic (exact) mass is 281 g/mol. The summed E-state index contributed by atoms with van der Waals surface area (Å²) in [6.07, 6.45) is 3.83. The number of hydrogen-bond donors (Lipinski definition) is 1. The molecule has 6 nitrogen and oxygen atoms in total. The molecule has 3 fully saturated rings. The Hall–Kier alpha value is -1.30. The van der Waals surface area contributed by atoms with Crippen LogP contribution in [0.25, 0.3) is 0 Å². The van der Waals surface area contributed by atoms with Gasteiger partial charge in [-0.1, -0.05) is 0 Å². The summed E-state index contributed by atoms with van der Waals surface area (Å²) in [5, 5.41) is 8.72. The van der Waals surface area contributed by atoms with E-state index in [0.717, 1.165) is 19.5 Å². The van der Waals surface area contributed by atoms with Crippen molar-refractivity contribution < 1.29 is 14.7 Å². The Kier molecular flexibility index (Phi) is 3.83. The molecule has 3 saturated heterocycles. The maximum absolute atomic E-state index is 12.3. The second kappa shape index (κ2) is 5.60. The predicted molar refractivity (Wildman–Crippen MR) is 73.5 cm³/mol. The molecule has 3 aliphatic heterocycles. The van der Waals surface area contributed by atoms with Crippen molar-refractivity contribution in [2.24, 2.45) is 5.92 Å². The smallest absolute Gasteiger partial charge is 0.320 e. The Morgan fingerprint density at radius 2 is 1.70 bits per heavy atom. The van der Waals surface area contributed by atoms with Crippen molar-refractivity contribution in [1.29, 1.82) is 0 Å². The Labute approximate surface area is 119 Å². The van der Waals surface area contributed by atoms with Gasteiger partial charge in [0.15, 0.2) is 0 Å². The summed E-state index contributed by atoms with van der Waals surface area (Å²) < 4.78 is 0. The van der Waals surface area contributed by atoms with Crippen molar-refractivity contribution in [3.63, 3.8) is 0 Å². The van der Waals surface area contributed by atoms with Gasteiger partial charge in [-0.3, -0.25) is 9.69 Å². The van der Waals surface area contributed by atoms with Gasteiger partial charge in [0, 0.05) is 38.1 Å². The first-order chi connectivity index (χ1) is 9.63. The maximum Gasteiger partial charge on any atom is 0.320 e. The first-order valence-electron chi connectivity index (χ1n) is 7.63. The third-order valence-electron chi connectivity index (χ3n) is 4.78. The van der Waals surface area contributed by atoms with Gasteiger partial charge in [-0.2, -0.15) is 0 Å². The molecule has 6 heteroatoms. The lowest BCUT2D eigenvalue weighted by atomic mass is 9.97. The lowest BCUT2D eigenvalue weighted by molar-refractivity contribution is -0.139. The SMILES string of the molecule is O=C(O)CC1CN(C(=O)N2CCC(N3CCCC3)C2)C1. The van der Waals surface area contributed by atoms with Crippen LogP contribution in [-0.2, 0) is 4.79 Å². The number of nitrogens with zero attached hydrogens (tertiary/aromatic N) is 3. The summed E-state index contributed by atoms with van der Waals surface area (Å²) in [6.45, 7) is 5.26. The summed E-state index contributed by atoms with van der Waals surface area (Å²) in [6, 6.07) is 0.644. The van der Waals surface area contributed by atoms with E-state index in [2.05, 4.69) is 4.90 Å². The van der Waals surface area contributed by atoms with Gasteiger partial charge in [0.25, 0.3) is 0 Å². The molecule has 2 amide bonds. The number of likely N-dealkylation sites (tertiary alicyclic amines) is 3. The highest BCUT2D eigenvalue weighted by Gasteiger charge is 2.38. The van der Waals surface area contributed by atoms with Crippen molar-refractivity contribution in [3.05, 3.63) is 0 Å². The summed E-state index contributed by atoms with van der Waals surface area (Å²) in [4.78, 5) is 29.2. The average Bonchev–Trinajstić information content (AvgIpc) is 3.01. The third-order valence-corrected chi connectivity index (χ3v) is 4.78. The third kappa shape index (κ3) is 2.75. The van der Waals surface area contributed by atoms with Crippen LogP contribution >= 0.6 is 0 Å². The zero-order valence-electron chi connectivity index (χ0n) is 11.8. The number of carbonyl (C=O) groups is 2. The Balaban J connectivity index is 1.44. The molecule has 3 heterocycles. The topological polar surface area (TPSA) is 64.1 Å². The molecule has 1 unspecified atom stereocenters. The standard InChI is InChI=1S/C14H23N3O3/c18-13(19)7-11-8-17(9-11)14(20)16-6-3-12(10-16)15-4-1-2-5-15/h11-12H,1-10H2,(H,18,19). The molecule has 3 rings (SSSR count). The molecule has 20 heavy (non-hydrogen) atoms. The maximum atomic E-state index is 12.3. The Morgan fingerprint density at radius 1 is 1.00 bits per heavy atom. The van der Waals surface area contributed by atoms with E-state index in [-0.39, 0.29) is 18.4 Å². The fourth-order valence-electron chi connectivity index (χ4n) is 3.62. The summed E-state index contributed by atoms with van der Waals surface area (Å²) in [5.74, 6) is -0.620. The van der Waals surface area contributed by atoms with Crippen LogP contribution in [0.1, 0.15) is 25.7 Å². The fraction of sp³-hybridized carbons (Fsp3) is 0.857. The lowest BCUT2D eigenvalue weighted by Crippen LogP contribution is -2.55. The van der Waals surface area contributed by atoms with Crippen molar-refractivity contribution in [2.45, 2.75) is 31.7 Å². The number of aliphatic carboxylic acids is 1. The van der Waals surface area contributed by atoms with E-state index in [9.17, 15) is 9.59 Å². The predicted octanol–water partition coefficient (Wildman–Crippen LogP) is 0.683. The van der Waals surface area contributed by atoms with Crippen molar-refractivity contribution in [2.75, 3.05) is 39.3 Å². The average molecular weight is 281 g/mol. The summed E-state index contributed by atoms with van der Waals surface area (Å²) >= 11 is 0. The summed E-state index contributed by atoms with van der Waals surface area (Å²) in [5.41, 5.74) is 0. The summed E-state index contributed by atoms with van der Waals surface area (Å²) in [7, 11) is 0. The van der Waals surface area contributed by atoms with Crippen LogP contribution in [0.15, 0.2) is 0 Å². The molecule has 112 valence electrons. The molecule has 0 aromatic rings. The van der Waals surface area contributed by atoms with E-state index in [1.165, 1.54) is 25.9 Å². The highest BCUT2D eigenvalue weighted by molar-refractivity contribution is 5.76. The van der Waals surface area contributed by atoms with Crippen LogP contribution in [-0.4, -0.2) is 77.1 Å². The molecule has 0 spiro atoms. The van der Waals surface area contributed by atoms with E-state index in [0.29, 0.717) is 19.1 Å². The lowest BCUT2D eigenvalue weighted by Gasteiger charge is -2.40. The second-order valence-corrected chi connectivity index (χ2v) is 6.28. The van der Waals surface area contributed by atoms with E-state index in [1.807, 2.05) is 4.90 Å². The normalized spacial score (nSPS) is 27.9. The van der Waals surface area contributed by atoms with Crippen molar-refractivity contribution in [1.82, 2.24) is 14.7 Å². The highest BCUT2D eigenvalue weighted by atomic mass is 16.4. The molecule has 0 aromatic heterocycles. The minimum Gasteiger partial charge on any atom is -0.481 e. The van der Waals surface area contributed by atoms with Gasteiger partial charge in [0.05, 0.1) is 6.42 Å². The minimum absolute atomic E-state index is 0.105. The number of amides is 2. The van der Waals surface area contributed by atoms with E-state index in [4.69, 9.17) is 5.11 Å². The van der Waals surface area contributed by atoms with Gasteiger partial charge < -0.3 is 14.9 Å². The Morgan fingerprint density at radius 3 is 2.35 bits per heavy atom. The van der Waals surface area contributed by atoms with Crippen LogP contribution in [0.4, 0.5) is 4.79 Å². The number of carboxylic acids is 1. The molecule has 0 saturated carbocycles. The number of urea groups is 1. The highest BCUT2D eigenvalue weighted by Crippen LogP contribution is 2.25. The van der Waals surface area contributed by atoms with Crippen LogP contribution in [0.5, 0.6) is 0 Å². The van der Waals surface area contributed by atoms with Crippen LogP contribution in [0, 0.1) is 5.92 Å². The van der Waals surface area contributed by atoms with Gasteiger partial charge in [0.1, 0.15) is 0 Å². The van der Waals surface area contributed by atoms with E-state index >= 15 is 0 Å². The fourth-order valence-corrected chi connectivity index (χ4v) is 3.62. The zero-order chi connectivity index (χ0) is 14.1. The van der Waals surface area contributed by atoms with Gasteiger partial charge >= 0.3 is 12.0 Å². The minimum atomic E-state index is -0.766. The van der Waals surface area contributed by atoms with Crippen molar-refractivity contribution >= 4 is 12.0 Å². The second-order valence-electron chi connectivity index (χ2n) is 6.28. The largest absolute Gasteiger partial charge is 0.481 e. The number of hydrogen-bond acceptors (Lipinski definition) is 3. The molecular weight excluding hydrogens is 258 g/mol. The molecule has 0 bridgehead atoms. The van der Waals surface area contributed by atoms with E-state index in [1.54, 1.807) is 4.90 Å². The van der Waals surface area contributed by atoms with Crippen LogP contribution in [0.2, 0.25) is 0 Å². The van der Waals surface area contributed by atoms with Crippen LogP contribution in [0.3, 0.4) is 0 Å². The molecule has 1 N–H and O–H groups in total. The number of carboxylic acid groups (broad SMARTS) is 1. The van der Waals surface area contributed by atoms with Crippen LogP contribution < -0.4 is 0 Å². The first kappa shape index (κ1) is 13.7. The molecule has 1 atom stereocenters. The van der Waals surface area contributed by atoms with Gasteiger partial charge in [-0.15, -0.1) is 0 Å². The zero-order valence-corrected chi connectivity index (χ0v) is 11.8.